The van der Waals surface area contributed by atoms with Crippen LogP contribution < -0.4 is 11.3 Å². The molecule has 21 heavy (non-hydrogen) atoms. The van der Waals surface area contributed by atoms with Crippen molar-refractivity contribution in [3.63, 3.8) is 0 Å². The van der Waals surface area contributed by atoms with Crippen molar-refractivity contribution in [3.05, 3.63) is 28.8 Å². The number of anilines is 1. The fourth-order valence-corrected chi connectivity index (χ4v) is 2.86. The van der Waals surface area contributed by atoms with Crippen molar-refractivity contribution in [2.24, 2.45) is 5.41 Å². The van der Waals surface area contributed by atoms with E-state index in [2.05, 4.69) is 27.6 Å². The van der Waals surface area contributed by atoms with Crippen molar-refractivity contribution in [2.75, 3.05) is 12.3 Å². The molecule has 0 spiro atoms. The molecule has 1 aliphatic carbocycles. The fraction of sp³-hybridized carbons (Fsp3) is 0.385. The summed E-state index contributed by atoms with van der Waals surface area (Å²) in [6, 6.07) is 1.90. The van der Waals surface area contributed by atoms with Crippen LogP contribution in [0.4, 0.5) is 5.95 Å². The zero-order valence-corrected chi connectivity index (χ0v) is 11.2. The number of hydrogen-bond donors (Lipinski definition) is 3. The van der Waals surface area contributed by atoms with Crippen molar-refractivity contribution in [1.82, 2.24) is 19.5 Å². The molecule has 0 unspecified atom stereocenters. The second-order valence-corrected chi connectivity index (χ2v) is 5.21. The van der Waals surface area contributed by atoms with Gasteiger partial charge in [0, 0.05) is 0 Å². The quantitative estimate of drug-likeness (QED) is 0.670. The monoisotopic (exact) mass is 286 g/mol. The third kappa shape index (κ3) is 1.75. The predicted octanol–water partition coefficient (Wildman–Crippen LogP) is 0.0952. The smallest absolute Gasteiger partial charge is 0.280 e. The van der Waals surface area contributed by atoms with Crippen LogP contribution in [0.3, 0.4) is 0 Å². The average Bonchev–Trinajstić information content (AvgIpc) is 3.01. The maximum atomic E-state index is 11.8. The first-order chi connectivity index (χ1) is 10.0. The third-order valence-corrected chi connectivity index (χ3v) is 4.13. The Labute approximate surface area is 119 Å². The van der Waals surface area contributed by atoms with Crippen molar-refractivity contribution >= 4 is 17.1 Å². The number of H-pyrrole nitrogens is 1. The van der Waals surface area contributed by atoms with Crippen LogP contribution in [0.5, 0.6) is 0 Å². The summed E-state index contributed by atoms with van der Waals surface area (Å²) in [5, 5.41) is 18.8. The number of nitrogens with zero attached hydrogens (tertiary/aromatic N) is 4. The maximum absolute atomic E-state index is 11.8. The van der Waals surface area contributed by atoms with Crippen molar-refractivity contribution in [1.29, 1.82) is 5.26 Å². The fourth-order valence-electron chi connectivity index (χ4n) is 2.86. The summed E-state index contributed by atoms with van der Waals surface area (Å²) in [4.78, 5) is 22.3. The molecule has 1 fully saturated rings. The number of aromatic amines is 1. The van der Waals surface area contributed by atoms with Gasteiger partial charge in [-0.25, -0.2) is 4.98 Å². The number of nitrogen functional groups attached to an aromatic ring is 1. The molecule has 0 bridgehead atoms. The molecule has 2 aromatic rings. The lowest BCUT2D eigenvalue weighted by atomic mass is 9.85. The second-order valence-electron chi connectivity index (χ2n) is 5.21. The van der Waals surface area contributed by atoms with E-state index in [1.165, 1.54) is 6.33 Å². The minimum absolute atomic E-state index is 0.00608. The molecule has 0 aromatic carbocycles. The number of aromatic nitrogens is 4. The minimum Gasteiger partial charge on any atom is -0.394 e. The Morgan fingerprint density at radius 2 is 2.48 bits per heavy atom. The van der Waals surface area contributed by atoms with Crippen LogP contribution in [0.15, 0.2) is 23.3 Å². The van der Waals surface area contributed by atoms with Gasteiger partial charge in [-0.15, -0.1) is 0 Å². The van der Waals surface area contributed by atoms with Gasteiger partial charge in [-0.3, -0.25) is 9.78 Å². The van der Waals surface area contributed by atoms with Gasteiger partial charge >= 0.3 is 0 Å². The molecular weight excluding hydrogens is 272 g/mol. The molecule has 8 heteroatoms. The Morgan fingerprint density at radius 1 is 1.71 bits per heavy atom. The van der Waals surface area contributed by atoms with Gasteiger partial charge in [0.2, 0.25) is 5.95 Å². The van der Waals surface area contributed by atoms with Crippen LogP contribution in [0, 0.1) is 16.7 Å². The highest BCUT2D eigenvalue weighted by atomic mass is 16.3. The number of fused-ring (bicyclic) bond motifs is 1. The molecule has 0 amide bonds. The predicted molar refractivity (Wildman–Crippen MR) is 75.1 cm³/mol. The summed E-state index contributed by atoms with van der Waals surface area (Å²) >= 11 is 0. The van der Waals surface area contributed by atoms with E-state index < -0.39 is 11.0 Å². The lowest BCUT2D eigenvalue weighted by Gasteiger charge is -2.21. The Balaban J connectivity index is 2.13. The molecule has 2 atom stereocenters. The zero-order chi connectivity index (χ0) is 15.2. The van der Waals surface area contributed by atoms with Gasteiger partial charge in [0.05, 0.1) is 25.0 Å². The molecule has 0 saturated heterocycles. The number of nitriles is 1. The van der Waals surface area contributed by atoms with E-state index in [-0.39, 0.29) is 24.1 Å². The zero-order valence-electron chi connectivity index (χ0n) is 11.2. The molecule has 2 heterocycles. The highest BCUT2D eigenvalue weighted by Gasteiger charge is 2.44. The second kappa shape index (κ2) is 4.43. The molecule has 108 valence electrons. The first-order valence-corrected chi connectivity index (χ1v) is 6.46. The average molecular weight is 286 g/mol. The van der Waals surface area contributed by atoms with E-state index in [0.29, 0.717) is 24.1 Å². The van der Waals surface area contributed by atoms with Gasteiger partial charge in [-0.05, 0) is 18.4 Å². The topological polar surface area (TPSA) is 134 Å². The van der Waals surface area contributed by atoms with Crippen LogP contribution in [0.2, 0.25) is 0 Å². The summed E-state index contributed by atoms with van der Waals surface area (Å²) in [7, 11) is 0. The summed E-state index contributed by atoms with van der Waals surface area (Å²) in [6.45, 7) is 3.69. The highest BCUT2D eigenvalue weighted by molar-refractivity contribution is 5.71. The van der Waals surface area contributed by atoms with Crippen LogP contribution in [0.1, 0.15) is 18.9 Å². The molecule has 2 aromatic heterocycles. The molecule has 1 aliphatic rings. The van der Waals surface area contributed by atoms with Gasteiger partial charge in [-0.1, -0.05) is 6.58 Å². The lowest BCUT2D eigenvalue weighted by Crippen LogP contribution is -2.23. The maximum Gasteiger partial charge on any atom is 0.280 e. The lowest BCUT2D eigenvalue weighted by molar-refractivity contribution is 0.207. The number of aliphatic hydroxyl groups excluding tert-OH is 1. The molecule has 4 N–H and O–H groups in total. The molecular formula is C13H14N6O2. The van der Waals surface area contributed by atoms with Crippen LogP contribution >= 0.6 is 0 Å². The van der Waals surface area contributed by atoms with Gasteiger partial charge in [-0.2, -0.15) is 10.2 Å². The van der Waals surface area contributed by atoms with Crippen LogP contribution in [-0.4, -0.2) is 31.2 Å². The molecule has 1 saturated carbocycles. The molecule has 0 aliphatic heterocycles. The number of nitrogens with one attached hydrogen (secondary N) is 1. The van der Waals surface area contributed by atoms with E-state index in [9.17, 15) is 15.2 Å². The summed E-state index contributed by atoms with van der Waals surface area (Å²) < 4.78 is 1.69. The van der Waals surface area contributed by atoms with Crippen molar-refractivity contribution in [3.8, 4) is 6.07 Å². The Bertz CT molecular complexity index is 829. The van der Waals surface area contributed by atoms with Crippen molar-refractivity contribution in [2.45, 2.75) is 18.9 Å². The van der Waals surface area contributed by atoms with E-state index in [1.807, 2.05) is 0 Å². The number of rotatable bonds is 2. The van der Waals surface area contributed by atoms with Gasteiger partial charge in [0.15, 0.2) is 11.2 Å². The summed E-state index contributed by atoms with van der Waals surface area (Å²) in [5.41, 5.74) is 5.36. The van der Waals surface area contributed by atoms with Gasteiger partial charge in [0.25, 0.3) is 5.56 Å². The van der Waals surface area contributed by atoms with E-state index in [4.69, 9.17) is 5.73 Å². The Hall–Kier alpha value is -2.66. The standard InChI is InChI=1S/C13H14N6O2/c1-7-8(2-3-13(7,4-14)5-20)19-6-16-9-10(19)17-12(15)18-11(9)21/h6,8,20H,1-3,5H2,(H3,15,17,18,21)/t8-,13+/m0/s1. The molecule has 3 rings (SSSR count). The minimum atomic E-state index is -0.950. The summed E-state index contributed by atoms with van der Waals surface area (Å²) in [6.07, 6.45) is 2.61. The van der Waals surface area contributed by atoms with Gasteiger partial charge < -0.3 is 15.4 Å². The third-order valence-electron chi connectivity index (χ3n) is 4.13. The number of nitrogens with two attached hydrogens (primary N) is 1. The molecule has 0 radical (unpaired) electrons. The number of hydrogen-bond acceptors (Lipinski definition) is 6. The first-order valence-electron chi connectivity index (χ1n) is 6.46. The largest absolute Gasteiger partial charge is 0.394 e. The molecule has 8 nitrogen and oxygen atoms in total. The highest BCUT2D eigenvalue weighted by Crippen LogP contribution is 2.47. The van der Waals surface area contributed by atoms with E-state index >= 15 is 0 Å². The van der Waals surface area contributed by atoms with Crippen molar-refractivity contribution < 1.29 is 5.11 Å². The Kier molecular flexibility index (Phi) is 2.81. The van der Waals surface area contributed by atoms with Crippen LogP contribution in [-0.2, 0) is 0 Å². The normalized spacial score (nSPS) is 25.3. The number of aliphatic hydroxyl groups is 1. The first kappa shape index (κ1) is 13.3. The Morgan fingerprint density at radius 3 is 3.10 bits per heavy atom. The summed E-state index contributed by atoms with van der Waals surface area (Å²) in [5.74, 6) is 0.00608. The van der Waals surface area contributed by atoms with Gasteiger partial charge in [0.1, 0.15) is 5.41 Å². The van der Waals surface area contributed by atoms with E-state index in [1.54, 1.807) is 4.57 Å². The SMILES string of the molecule is C=C1[C@@H](n2cnc3c(=O)[nH]c(N)nc32)CC[C@@]1(C#N)CO. The number of imidazole rings is 1. The van der Waals surface area contributed by atoms with E-state index in [0.717, 1.165) is 0 Å². The van der Waals surface area contributed by atoms with Crippen LogP contribution in [0.25, 0.3) is 11.2 Å².